The summed E-state index contributed by atoms with van der Waals surface area (Å²) in [5, 5.41) is 2.63. The van der Waals surface area contributed by atoms with Gasteiger partial charge in [0.1, 0.15) is 0 Å². The molecule has 1 aliphatic rings. The molecule has 0 heterocycles. The molecule has 5 aromatic rings. The molecule has 0 saturated heterocycles. The normalized spacial score (nSPS) is 11.4. The molecule has 0 atom stereocenters. The molecule has 0 fully saturated rings. The van der Waals surface area contributed by atoms with Gasteiger partial charge >= 0.3 is 99.2 Å². The summed E-state index contributed by atoms with van der Waals surface area (Å²) in [5.41, 5.74) is 5.25. The van der Waals surface area contributed by atoms with E-state index in [1.807, 2.05) is 18.2 Å². The number of fused-ring (bicyclic) bond motifs is 1. The van der Waals surface area contributed by atoms with Crippen molar-refractivity contribution in [1.29, 1.82) is 0 Å². The maximum Gasteiger partial charge on any atom is -0.0635 e. The third-order valence-electron chi connectivity index (χ3n) is 5.44. The van der Waals surface area contributed by atoms with Crippen LogP contribution in [0.25, 0.3) is 21.9 Å². The van der Waals surface area contributed by atoms with Crippen molar-refractivity contribution >= 4 is 14.0 Å². The van der Waals surface area contributed by atoms with Gasteiger partial charge in [0.05, 0.1) is 0 Å². The van der Waals surface area contributed by atoms with E-state index in [1.54, 1.807) is 0 Å². The molecule has 0 aliphatic heterocycles. The SMILES string of the molecule is [C-]1=CC=CC1.[Zr+2]=[C](c1ccccc1)c1ccccc1.c1ccc(-c2cc3ccccc3[cH-]2)cc1. The molecule has 0 amide bonds. The smallest absolute Gasteiger partial charge is 0.0635 e. The first-order chi connectivity index (χ1) is 16.8. The summed E-state index contributed by atoms with van der Waals surface area (Å²) in [6, 6.07) is 44.6. The monoisotopic (exact) mass is 512 g/mol. The molecule has 0 saturated carbocycles. The summed E-state index contributed by atoms with van der Waals surface area (Å²) in [6.07, 6.45) is 10.0. The maximum absolute atomic E-state index is 2.99. The molecule has 162 valence electrons. The van der Waals surface area contributed by atoms with Crippen LogP contribution in [0.5, 0.6) is 0 Å². The second-order valence-corrected chi connectivity index (χ2v) is 9.08. The van der Waals surface area contributed by atoms with Gasteiger partial charge in [0, 0.05) is 0 Å². The first-order valence-electron chi connectivity index (χ1n) is 11.4. The van der Waals surface area contributed by atoms with E-state index in [0.717, 1.165) is 6.42 Å². The van der Waals surface area contributed by atoms with Gasteiger partial charge in [-0.2, -0.15) is 6.08 Å². The molecule has 0 radical (unpaired) electrons. The predicted molar refractivity (Wildman–Crippen MR) is 143 cm³/mol. The minimum atomic E-state index is 1.01. The Morgan fingerprint density at radius 1 is 0.676 bits per heavy atom. The fourth-order valence-electron chi connectivity index (χ4n) is 3.66. The van der Waals surface area contributed by atoms with Crippen LogP contribution in [0.1, 0.15) is 17.5 Å². The van der Waals surface area contributed by atoms with Gasteiger partial charge in [0.2, 0.25) is 0 Å². The Morgan fingerprint density at radius 2 is 1.24 bits per heavy atom. The van der Waals surface area contributed by atoms with Crippen molar-refractivity contribution in [3.05, 3.63) is 163 Å². The number of benzene rings is 4. The average Bonchev–Trinajstić information content (AvgIpc) is 3.64. The summed E-state index contributed by atoms with van der Waals surface area (Å²) in [4.78, 5) is 0. The third kappa shape index (κ3) is 6.86. The molecule has 5 aromatic carbocycles. The molecule has 0 N–H and O–H groups in total. The van der Waals surface area contributed by atoms with Crippen LogP contribution >= 0.6 is 0 Å². The van der Waals surface area contributed by atoms with Crippen molar-refractivity contribution in [2.45, 2.75) is 6.42 Å². The van der Waals surface area contributed by atoms with Crippen LogP contribution in [0.15, 0.2) is 146 Å². The zero-order valence-electron chi connectivity index (χ0n) is 19.1. The number of hydrogen-bond donors (Lipinski definition) is 0. The average molecular weight is 514 g/mol. The van der Waals surface area contributed by atoms with Gasteiger partial charge < -0.3 is 0 Å². The third-order valence-corrected chi connectivity index (χ3v) is 6.86. The summed E-state index contributed by atoms with van der Waals surface area (Å²) in [5.74, 6) is 0. The Bertz CT molecular complexity index is 1270. The standard InChI is InChI=1S/C15H11.C13H10.C5H5.Zr/c1-2-6-12(7-3-1)15-10-13-8-4-5-9-14(13)11-15;1-3-7-12(8-4-1)11-13-9-5-2-6-10-13;1-2-4-5-3-1;/h1-11H;1-10H;1-3H,4H2;/q-1;;-1;+2. The van der Waals surface area contributed by atoms with E-state index in [9.17, 15) is 0 Å². The largest absolute Gasteiger partial charge is 0.145 e. The van der Waals surface area contributed by atoms with Crippen LogP contribution in [-0.2, 0) is 24.2 Å². The van der Waals surface area contributed by atoms with Gasteiger partial charge in [0.25, 0.3) is 0 Å². The Kier molecular flexibility index (Phi) is 9.00. The van der Waals surface area contributed by atoms with E-state index in [-0.39, 0.29) is 0 Å². The van der Waals surface area contributed by atoms with Crippen molar-refractivity contribution in [3.8, 4) is 11.1 Å². The fraction of sp³-hybridized carbons (Fsp3) is 0.0303. The van der Waals surface area contributed by atoms with E-state index in [4.69, 9.17) is 0 Å². The van der Waals surface area contributed by atoms with Gasteiger partial charge in [-0.1, -0.05) is 54.1 Å². The number of rotatable bonds is 3. The summed E-state index contributed by atoms with van der Waals surface area (Å²) >= 11 is 1.46. The zero-order chi connectivity index (χ0) is 23.4. The molecule has 0 spiro atoms. The minimum Gasteiger partial charge on any atom is -0.145 e. The fourth-order valence-corrected chi connectivity index (χ4v) is 4.48. The van der Waals surface area contributed by atoms with Crippen LogP contribution < -0.4 is 0 Å². The summed E-state index contributed by atoms with van der Waals surface area (Å²) in [6.45, 7) is 0. The Morgan fingerprint density at radius 3 is 1.74 bits per heavy atom. The molecule has 0 bridgehead atoms. The van der Waals surface area contributed by atoms with Crippen LogP contribution in [0.3, 0.4) is 0 Å². The van der Waals surface area contributed by atoms with Crippen LogP contribution in [0, 0.1) is 6.08 Å². The molecular weight excluding hydrogens is 488 g/mol. The molecule has 0 nitrogen and oxygen atoms in total. The van der Waals surface area contributed by atoms with Gasteiger partial charge in [-0.15, -0.1) is 41.0 Å². The first kappa shape index (κ1) is 23.9. The zero-order valence-corrected chi connectivity index (χ0v) is 21.5. The van der Waals surface area contributed by atoms with Crippen molar-refractivity contribution in [2.24, 2.45) is 0 Å². The Labute approximate surface area is 217 Å². The van der Waals surface area contributed by atoms with Gasteiger partial charge in [-0.25, -0.2) is 12.2 Å². The second-order valence-electron chi connectivity index (χ2n) is 7.85. The predicted octanol–water partition coefficient (Wildman–Crippen LogP) is 8.33. The molecule has 1 heteroatoms. The molecule has 6 rings (SSSR count). The number of hydrogen-bond acceptors (Lipinski definition) is 0. The van der Waals surface area contributed by atoms with Gasteiger partial charge in [-0.05, 0) is 0 Å². The van der Waals surface area contributed by atoms with Crippen LogP contribution in [0.4, 0.5) is 0 Å². The first-order valence-corrected chi connectivity index (χ1v) is 12.7. The van der Waals surface area contributed by atoms with E-state index in [1.165, 1.54) is 60.5 Å². The van der Waals surface area contributed by atoms with Crippen molar-refractivity contribution < 1.29 is 24.2 Å². The molecule has 34 heavy (non-hydrogen) atoms. The van der Waals surface area contributed by atoms with Crippen LogP contribution in [-0.4, -0.2) is 3.21 Å². The van der Waals surface area contributed by atoms with Crippen molar-refractivity contribution in [3.63, 3.8) is 0 Å². The van der Waals surface area contributed by atoms with E-state index >= 15 is 0 Å². The van der Waals surface area contributed by atoms with E-state index in [0.29, 0.717) is 0 Å². The molecule has 1 aliphatic carbocycles. The van der Waals surface area contributed by atoms with E-state index in [2.05, 4.69) is 133 Å². The molecular formula is C33H26Zr. The number of allylic oxidation sites excluding steroid dienone is 4. The maximum atomic E-state index is 2.99. The topological polar surface area (TPSA) is 0 Å². The van der Waals surface area contributed by atoms with Gasteiger partial charge in [-0.3, -0.25) is 6.08 Å². The Balaban J connectivity index is 0.000000134. The summed E-state index contributed by atoms with van der Waals surface area (Å²) < 4.78 is 1.42. The van der Waals surface area contributed by atoms with Crippen LogP contribution in [0.2, 0.25) is 0 Å². The minimum absolute atomic E-state index is 1.01. The van der Waals surface area contributed by atoms with Crippen molar-refractivity contribution in [1.82, 2.24) is 0 Å². The molecule has 0 unspecified atom stereocenters. The van der Waals surface area contributed by atoms with E-state index < -0.39 is 0 Å². The Hall–Kier alpha value is -3.28. The molecule has 0 aromatic heterocycles. The summed E-state index contributed by atoms with van der Waals surface area (Å²) in [7, 11) is 0. The van der Waals surface area contributed by atoms with Gasteiger partial charge in [0.15, 0.2) is 0 Å². The quantitative estimate of drug-likeness (QED) is 0.213. The van der Waals surface area contributed by atoms with Crippen molar-refractivity contribution in [2.75, 3.05) is 0 Å². The second kappa shape index (κ2) is 12.8.